The lowest BCUT2D eigenvalue weighted by Crippen LogP contribution is -2.42. The number of ether oxygens (including phenoxy) is 1. The zero-order chi connectivity index (χ0) is 15.0. The predicted octanol–water partition coefficient (Wildman–Crippen LogP) is 3.47. The molecule has 0 heterocycles. The first-order valence-corrected chi connectivity index (χ1v) is 7.73. The molecule has 2 unspecified atom stereocenters. The fourth-order valence-corrected chi connectivity index (χ4v) is 2.80. The van der Waals surface area contributed by atoms with Crippen molar-refractivity contribution in [1.82, 2.24) is 10.2 Å². The van der Waals surface area contributed by atoms with Crippen molar-refractivity contribution in [2.24, 2.45) is 0 Å². The maximum absolute atomic E-state index is 5.24. The van der Waals surface area contributed by atoms with E-state index in [1.54, 1.807) is 7.11 Å². The van der Waals surface area contributed by atoms with Crippen LogP contribution in [0.15, 0.2) is 24.3 Å². The van der Waals surface area contributed by atoms with Gasteiger partial charge in [-0.3, -0.25) is 4.90 Å². The summed E-state index contributed by atoms with van der Waals surface area (Å²) in [6.45, 7) is 9.12. The molecule has 114 valence electrons. The summed E-state index contributed by atoms with van der Waals surface area (Å²) >= 11 is 0. The fraction of sp³-hybridized carbons (Fsp3) is 0.647. The van der Waals surface area contributed by atoms with Crippen molar-refractivity contribution in [3.8, 4) is 5.75 Å². The number of nitrogens with zero attached hydrogens (tertiary/aromatic N) is 1. The van der Waals surface area contributed by atoms with E-state index >= 15 is 0 Å². The quantitative estimate of drug-likeness (QED) is 0.748. The third-order valence-corrected chi connectivity index (χ3v) is 3.87. The van der Waals surface area contributed by atoms with Crippen molar-refractivity contribution in [3.63, 3.8) is 0 Å². The van der Waals surface area contributed by atoms with E-state index in [9.17, 15) is 0 Å². The minimum Gasteiger partial charge on any atom is -0.497 e. The summed E-state index contributed by atoms with van der Waals surface area (Å²) in [4.78, 5) is 2.57. The molecule has 1 aromatic rings. The summed E-state index contributed by atoms with van der Waals surface area (Å²) in [5, 5.41) is 3.47. The summed E-state index contributed by atoms with van der Waals surface area (Å²) in [5.74, 6) is 0.912. The fourth-order valence-electron chi connectivity index (χ4n) is 2.80. The van der Waals surface area contributed by atoms with Crippen LogP contribution in [-0.4, -0.2) is 38.2 Å². The molecule has 0 aromatic heterocycles. The van der Waals surface area contributed by atoms with Gasteiger partial charge in [-0.05, 0) is 57.6 Å². The summed E-state index contributed by atoms with van der Waals surface area (Å²) in [6.07, 6.45) is 2.40. The normalized spacial score (nSPS) is 14.3. The summed E-state index contributed by atoms with van der Waals surface area (Å²) in [6, 6.07) is 9.22. The number of methoxy groups -OCH3 is 1. The second-order valence-corrected chi connectivity index (χ2v) is 5.32. The number of hydrogen-bond donors (Lipinski definition) is 1. The molecule has 3 heteroatoms. The second kappa shape index (κ2) is 8.98. The van der Waals surface area contributed by atoms with E-state index in [0.717, 1.165) is 18.8 Å². The predicted molar refractivity (Wildman–Crippen MR) is 86.4 cm³/mol. The SMILES string of the molecule is CCCN(CCC)C(C)C(NC)c1ccc(OC)cc1. The highest BCUT2D eigenvalue weighted by atomic mass is 16.5. The molecule has 0 saturated carbocycles. The van der Waals surface area contributed by atoms with Crippen LogP contribution in [0.4, 0.5) is 0 Å². The Kier molecular flexibility index (Phi) is 7.63. The molecule has 0 saturated heterocycles. The van der Waals surface area contributed by atoms with Gasteiger partial charge in [0.2, 0.25) is 0 Å². The molecule has 1 rings (SSSR count). The molecule has 20 heavy (non-hydrogen) atoms. The van der Waals surface area contributed by atoms with Gasteiger partial charge < -0.3 is 10.1 Å². The molecule has 0 amide bonds. The highest BCUT2D eigenvalue weighted by Gasteiger charge is 2.22. The average Bonchev–Trinajstić information content (AvgIpc) is 2.48. The summed E-state index contributed by atoms with van der Waals surface area (Å²) < 4.78 is 5.24. The molecule has 3 nitrogen and oxygen atoms in total. The Bertz CT molecular complexity index is 358. The first kappa shape index (κ1) is 17.0. The van der Waals surface area contributed by atoms with E-state index in [4.69, 9.17) is 4.74 Å². The van der Waals surface area contributed by atoms with E-state index in [1.165, 1.54) is 18.4 Å². The third kappa shape index (κ3) is 4.50. The first-order valence-electron chi connectivity index (χ1n) is 7.73. The van der Waals surface area contributed by atoms with E-state index in [0.29, 0.717) is 12.1 Å². The zero-order valence-corrected chi connectivity index (χ0v) is 13.6. The molecule has 0 aliphatic carbocycles. The summed E-state index contributed by atoms with van der Waals surface area (Å²) in [7, 11) is 3.75. The van der Waals surface area contributed by atoms with Crippen molar-refractivity contribution in [1.29, 1.82) is 0 Å². The van der Waals surface area contributed by atoms with Crippen molar-refractivity contribution in [2.45, 2.75) is 45.7 Å². The standard InChI is InChI=1S/C17H30N2O/c1-6-12-19(13-7-2)14(3)17(18-4)15-8-10-16(20-5)11-9-15/h8-11,14,17-18H,6-7,12-13H2,1-5H3. The van der Waals surface area contributed by atoms with E-state index in [2.05, 4.69) is 43.1 Å². The van der Waals surface area contributed by atoms with Crippen LogP contribution in [0.25, 0.3) is 0 Å². The van der Waals surface area contributed by atoms with Crippen molar-refractivity contribution in [3.05, 3.63) is 29.8 Å². The van der Waals surface area contributed by atoms with Gasteiger partial charge in [0, 0.05) is 12.1 Å². The number of rotatable bonds is 9. The van der Waals surface area contributed by atoms with Gasteiger partial charge in [-0.1, -0.05) is 26.0 Å². The van der Waals surface area contributed by atoms with Gasteiger partial charge in [-0.2, -0.15) is 0 Å². The maximum atomic E-state index is 5.24. The van der Waals surface area contributed by atoms with Gasteiger partial charge in [0.25, 0.3) is 0 Å². The highest BCUT2D eigenvalue weighted by molar-refractivity contribution is 5.29. The second-order valence-electron chi connectivity index (χ2n) is 5.32. The van der Waals surface area contributed by atoms with Crippen LogP contribution in [-0.2, 0) is 0 Å². The third-order valence-electron chi connectivity index (χ3n) is 3.87. The number of nitrogens with one attached hydrogen (secondary N) is 1. The molecule has 1 aromatic carbocycles. The monoisotopic (exact) mass is 278 g/mol. The first-order chi connectivity index (χ1) is 9.67. The van der Waals surface area contributed by atoms with Crippen molar-refractivity contribution >= 4 is 0 Å². The molecule has 0 bridgehead atoms. The van der Waals surface area contributed by atoms with Crippen LogP contribution in [0, 0.1) is 0 Å². The lowest BCUT2D eigenvalue weighted by Gasteiger charge is -2.34. The molecule has 0 fully saturated rings. The molecular weight excluding hydrogens is 248 g/mol. The molecule has 0 aliphatic heterocycles. The van der Waals surface area contributed by atoms with Gasteiger partial charge in [-0.25, -0.2) is 0 Å². The number of benzene rings is 1. The Labute approximate surface area is 124 Å². The van der Waals surface area contributed by atoms with Gasteiger partial charge >= 0.3 is 0 Å². The Morgan fingerprint density at radius 3 is 2.05 bits per heavy atom. The van der Waals surface area contributed by atoms with Crippen LogP contribution in [0.3, 0.4) is 0 Å². The Balaban J connectivity index is 2.85. The van der Waals surface area contributed by atoms with E-state index in [1.807, 2.05) is 19.2 Å². The molecule has 2 atom stereocenters. The van der Waals surface area contributed by atoms with Crippen LogP contribution in [0.2, 0.25) is 0 Å². The Morgan fingerprint density at radius 2 is 1.65 bits per heavy atom. The van der Waals surface area contributed by atoms with Crippen LogP contribution in [0.5, 0.6) is 5.75 Å². The number of likely N-dealkylation sites (N-methyl/N-ethyl adjacent to an activating group) is 1. The lowest BCUT2D eigenvalue weighted by atomic mass is 9.98. The largest absolute Gasteiger partial charge is 0.497 e. The van der Waals surface area contributed by atoms with Gasteiger partial charge in [-0.15, -0.1) is 0 Å². The van der Waals surface area contributed by atoms with Gasteiger partial charge in [0.1, 0.15) is 5.75 Å². The van der Waals surface area contributed by atoms with Gasteiger partial charge in [0.15, 0.2) is 0 Å². The van der Waals surface area contributed by atoms with Crippen LogP contribution < -0.4 is 10.1 Å². The molecular formula is C17H30N2O. The Hall–Kier alpha value is -1.06. The van der Waals surface area contributed by atoms with Crippen LogP contribution in [0.1, 0.15) is 45.2 Å². The number of hydrogen-bond acceptors (Lipinski definition) is 3. The van der Waals surface area contributed by atoms with E-state index in [-0.39, 0.29) is 0 Å². The van der Waals surface area contributed by atoms with Crippen LogP contribution >= 0.6 is 0 Å². The van der Waals surface area contributed by atoms with Crippen molar-refractivity contribution in [2.75, 3.05) is 27.2 Å². The minimum atomic E-state index is 0.346. The topological polar surface area (TPSA) is 24.5 Å². The lowest BCUT2D eigenvalue weighted by molar-refractivity contribution is 0.172. The zero-order valence-electron chi connectivity index (χ0n) is 13.6. The highest BCUT2D eigenvalue weighted by Crippen LogP contribution is 2.23. The molecule has 0 spiro atoms. The van der Waals surface area contributed by atoms with Gasteiger partial charge in [0.05, 0.1) is 7.11 Å². The van der Waals surface area contributed by atoms with E-state index < -0.39 is 0 Å². The van der Waals surface area contributed by atoms with Crippen molar-refractivity contribution < 1.29 is 4.74 Å². The average molecular weight is 278 g/mol. The molecule has 0 aliphatic rings. The minimum absolute atomic E-state index is 0.346. The smallest absolute Gasteiger partial charge is 0.118 e. The molecule has 0 radical (unpaired) electrons. The summed E-state index contributed by atoms with van der Waals surface area (Å²) in [5.41, 5.74) is 1.32. The Morgan fingerprint density at radius 1 is 1.10 bits per heavy atom. The maximum Gasteiger partial charge on any atom is 0.118 e. The molecule has 1 N–H and O–H groups in total.